The first-order valence-corrected chi connectivity index (χ1v) is 7.31. The fourth-order valence-electron chi connectivity index (χ4n) is 2.51. The molecular weight excluding hydrogens is 222 g/mol. The highest BCUT2D eigenvalue weighted by Crippen LogP contribution is 2.33. The highest BCUT2D eigenvalue weighted by molar-refractivity contribution is 5.33. The summed E-state index contributed by atoms with van der Waals surface area (Å²) in [6, 6.07) is 1.98. The van der Waals surface area contributed by atoms with E-state index in [0.29, 0.717) is 5.92 Å². The fourth-order valence-corrected chi connectivity index (χ4v) is 2.51. The minimum absolute atomic E-state index is 0.607. The molecule has 1 heterocycles. The van der Waals surface area contributed by atoms with Crippen molar-refractivity contribution in [2.24, 2.45) is 0 Å². The van der Waals surface area contributed by atoms with Gasteiger partial charge in [-0.2, -0.15) is 0 Å². The molecule has 18 heavy (non-hydrogen) atoms. The minimum Gasteiger partial charge on any atom is -0.496 e. The van der Waals surface area contributed by atoms with Crippen molar-refractivity contribution in [1.29, 1.82) is 0 Å². The van der Waals surface area contributed by atoms with Crippen LogP contribution in [0.1, 0.15) is 70.3 Å². The Balaban J connectivity index is 2.64. The number of hydrogen-bond acceptors (Lipinski definition) is 2. The van der Waals surface area contributed by atoms with Crippen LogP contribution in [0.15, 0.2) is 18.5 Å². The molecule has 0 aromatic carbocycles. The Morgan fingerprint density at radius 1 is 1.11 bits per heavy atom. The van der Waals surface area contributed by atoms with Crippen LogP contribution in [-0.2, 0) is 0 Å². The van der Waals surface area contributed by atoms with Gasteiger partial charge in [0.15, 0.2) is 0 Å². The third-order valence-corrected chi connectivity index (χ3v) is 3.51. The van der Waals surface area contributed by atoms with E-state index in [4.69, 9.17) is 4.74 Å². The molecule has 102 valence electrons. The van der Waals surface area contributed by atoms with Gasteiger partial charge in [-0.25, -0.2) is 0 Å². The minimum atomic E-state index is 0.607. The molecule has 0 fully saturated rings. The van der Waals surface area contributed by atoms with Crippen LogP contribution in [-0.4, -0.2) is 12.1 Å². The molecule has 0 aliphatic heterocycles. The second-order valence-corrected chi connectivity index (χ2v) is 4.95. The van der Waals surface area contributed by atoms with Crippen LogP contribution in [0.5, 0.6) is 5.75 Å². The van der Waals surface area contributed by atoms with E-state index >= 15 is 0 Å². The van der Waals surface area contributed by atoms with E-state index in [0.717, 1.165) is 5.75 Å². The summed E-state index contributed by atoms with van der Waals surface area (Å²) in [4.78, 5) is 4.26. The van der Waals surface area contributed by atoms with Crippen LogP contribution in [0.3, 0.4) is 0 Å². The number of hydrogen-bond donors (Lipinski definition) is 0. The van der Waals surface area contributed by atoms with E-state index in [1.165, 1.54) is 50.5 Å². The van der Waals surface area contributed by atoms with E-state index in [-0.39, 0.29) is 0 Å². The van der Waals surface area contributed by atoms with Crippen LogP contribution in [0.2, 0.25) is 0 Å². The fraction of sp³-hybridized carbons (Fsp3) is 0.688. The summed E-state index contributed by atoms with van der Waals surface area (Å²) in [6.45, 7) is 4.51. The first kappa shape index (κ1) is 15.0. The maximum Gasteiger partial charge on any atom is 0.125 e. The average molecular weight is 249 g/mol. The molecule has 0 amide bonds. The van der Waals surface area contributed by atoms with Crippen molar-refractivity contribution in [3.8, 4) is 5.75 Å². The van der Waals surface area contributed by atoms with Gasteiger partial charge in [0.2, 0.25) is 0 Å². The van der Waals surface area contributed by atoms with Crippen molar-refractivity contribution >= 4 is 0 Å². The lowest BCUT2D eigenvalue weighted by Gasteiger charge is -2.18. The summed E-state index contributed by atoms with van der Waals surface area (Å²) >= 11 is 0. The van der Waals surface area contributed by atoms with Gasteiger partial charge in [0.1, 0.15) is 5.75 Å². The van der Waals surface area contributed by atoms with Crippen molar-refractivity contribution in [2.75, 3.05) is 7.11 Å². The summed E-state index contributed by atoms with van der Waals surface area (Å²) in [5.41, 5.74) is 1.29. The molecule has 1 aromatic rings. The van der Waals surface area contributed by atoms with Gasteiger partial charge >= 0.3 is 0 Å². The van der Waals surface area contributed by atoms with Crippen LogP contribution in [0, 0.1) is 0 Å². The van der Waals surface area contributed by atoms with Crippen LogP contribution in [0.25, 0.3) is 0 Å². The van der Waals surface area contributed by atoms with Crippen LogP contribution >= 0.6 is 0 Å². The maximum absolute atomic E-state index is 5.46. The van der Waals surface area contributed by atoms with Gasteiger partial charge in [0, 0.05) is 18.0 Å². The summed E-state index contributed by atoms with van der Waals surface area (Å²) in [5, 5.41) is 0. The monoisotopic (exact) mass is 249 g/mol. The molecule has 0 aliphatic carbocycles. The molecule has 1 unspecified atom stereocenters. The lowest BCUT2D eigenvalue weighted by atomic mass is 9.89. The van der Waals surface area contributed by atoms with Crippen molar-refractivity contribution in [1.82, 2.24) is 4.98 Å². The number of aromatic nitrogens is 1. The summed E-state index contributed by atoms with van der Waals surface area (Å²) < 4.78 is 5.46. The number of pyridine rings is 1. The summed E-state index contributed by atoms with van der Waals surface area (Å²) in [7, 11) is 1.75. The molecule has 0 saturated carbocycles. The smallest absolute Gasteiger partial charge is 0.125 e. The maximum atomic E-state index is 5.46. The lowest BCUT2D eigenvalue weighted by Crippen LogP contribution is -2.02. The van der Waals surface area contributed by atoms with E-state index in [1.54, 1.807) is 7.11 Å². The van der Waals surface area contributed by atoms with E-state index in [9.17, 15) is 0 Å². The molecule has 0 bridgehead atoms. The molecule has 0 radical (unpaired) electrons. The zero-order valence-electron chi connectivity index (χ0n) is 12.1. The number of rotatable bonds is 9. The number of ether oxygens (including phenoxy) is 1. The summed E-state index contributed by atoms with van der Waals surface area (Å²) in [6.07, 6.45) is 12.8. The second kappa shape index (κ2) is 8.96. The van der Waals surface area contributed by atoms with E-state index < -0.39 is 0 Å². The Bertz CT molecular complexity index is 325. The highest BCUT2D eigenvalue weighted by atomic mass is 16.5. The summed E-state index contributed by atoms with van der Waals surface area (Å²) in [5.74, 6) is 1.61. The molecular formula is C16H27NO. The Labute approximate surface area is 112 Å². The zero-order valence-corrected chi connectivity index (χ0v) is 12.1. The molecule has 2 nitrogen and oxygen atoms in total. The van der Waals surface area contributed by atoms with Gasteiger partial charge in [-0.05, 0) is 24.8 Å². The molecule has 0 spiro atoms. The van der Waals surface area contributed by atoms with Crippen molar-refractivity contribution in [2.45, 2.75) is 64.7 Å². The second-order valence-electron chi connectivity index (χ2n) is 4.95. The van der Waals surface area contributed by atoms with Gasteiger partial charge in [-0.15, -0.1) is 0 Å². The molecule has 1 rings (SSSR count). The third-order valence-electron chi connectivity index (χ3n) is 3.51. The lowest BCUT2D eigenvalue weighted by molar-refractivity contribution is 0.398. The predicted molar refractivity (Wildman–Crippen MR) is 77.2 cm³/mol. The van der Waals surface area contributed by atoms with Gasteiger partial charge in [0.05, 0.1) is 7.11 Å². The Hall–Kier alpha value is -1.05. The largest absolute Gasteiger partial charge is 0.496 e. The topological polar surface area (TPSA) is 22.1 Å². The average Bonchev–Trinajstić information content (AvgIpc) is 2.42. The number of nitrogens with zero attached hydrogens (tertiary/aromatic N) is 1. The zero-order chi connectivity index (χ0) is 13.2. The van der Waals surface area contributed by atoms with Gasteiger partial charge in [-0.1, -0.05) is 46.0 Å². The molecule has 0 saturated heterocycles. The van der Waals surface area contributed by atoms with Gasteiger partial charge in [0.25, 0.3) is 0 Å². The van der Waals surface area contributed by atoms with Crippen LogP contribution < -0.4 is 4.74 Å². The van der Waals surface area contributed by atoms with Crippen LogP contribution in [0.4, 0.5) is 0 Å². The normalized spacial score (nSPS) is 12.4. The SMILES string of the molecule is CCCCCCC(CCC)c1cnccc1OC. The molecule has 0 N–H and O–H groups in total. The van der Waals surface area contributed by atoms with Crippen molar-refractivity contribution in [3.05, 3.63) is 24.0 Å². The standard InChI is InChI=1S/C16H27NO/c1-4-6-7-8-10-14(9-5-2)15-13-17-12-11-16(15)18-3/h11-14H,4-10H2,1-3H3. The molecule has 2 heteroatoms. The Kier molecular flexibility index (Phi) is 7.47. The van der Waals surface area contributed by atoms with Crippen molar-refractivity contribution < 1.29 is 4.74 Å². The third kappa shape index (κ3) is 4.67. The Morgan fingerprint density at radius 2 is 1.94 bits per heavy atom. The van der Waals surface area contributed by atoms with Crippen molar-refractivity contribution in [3.63, 3.8) is 0 Å². The highest BCUT2D eigenvalue weighted by Gasteiger charge is 2.15. The predicted octanol–water partition coefficient (Wildman–Crippen LogP) is 4.94. The van der Waals surface area contributed by atoms with E-state index in [1.807, 2.05) is 18.5 Å². The van der Waals surface area contributed by atoms with E-state index in [2.05, 4.69) is 18.8 Å². The van der Waals surface area contributed by atoms with Gasteiger partial charge in [-0.3, -0.25) is 4.98 Å². The Morgan fingerprint density at radius 3 is 2.61 bits per heavy atom. The molecule has 0 aliphatic rings. The first-order chi connectivity index (χ1) is 8.83. The molecule has 1 atom stereocenters. The first-order valence-electron chi connectivity index (χ1n) is 7.31. The number of unbranched alkanes of at least 4 members (excludes halogenated alkanes) is 3. The van der Waals surface area contributed by atoms with Gasteiger partial charge < -0.3 is 4.74 Å². The number of methoxy groups -OCH3 is 1. The molecule has 1 aromatic heterocycles. The quantitative estimate of drug-likeness (QED) is 0.578.